The molecule has 0 aromatic heterocycles. The summed E-state index contributed by atoms with van der Waals surface area (Å²) in [7, 11) is 0. The molecule has 0 saturated heterocycles. The van der Waals surface area contributed by atoms with Gasteiger partial charge in [0.25, 0.3) is 0 Å². The van der Waals surface area contributed by atoms with Crippen LogP contribution in [0.25, 0.3) is 0 Å². The second kappa shape index (κ2) is 16.1. The van der Waals surface area contributed by atoms with Crippen LogP contribution in [0.5, 0.6) is 0 Å². The molecule has 12 heteroatoms. The van der Waals surface area contributed by atoms with E-state index in [9.17, 15) is 0 Å². The highest BCUT2D eigenvalue weighted by Crippen LogP contribution is 2.26. The lowest BCUT2D eigenvalue weighted by atomic mass is 10.1. The number of hydrogen-bond donors (Lipinski definition) is 2. The third kappa shape index (κ3) is 9.93. The first kappa shape index (κ1) is 32.8. The zero-order valence-electron chi connectivity index (χ0n) is 23.9. The molecule has 43 heavy (non-hydrogen) atoms. The summed E-state index contributed by atoms with van der Waals surface area (Å²) in [5, 5.41) is 11.3. The largest absolute Gasteiger partial charge is 0.352 e. The van der Waals surface area contributed by atoms with Gasteiger partial charge in [-0.25, -0.2) is 9.98 Å². The summed E-state index contributed by atoms with van der Waals surface area (Å²) >= 11 is 27.9. The van der Waals surface area contributed by atoms with Crippen LogP contribution in [0.15, 0.2) is 64.6 Å². The Bertz CT molecular complexity index is 1480. The zero-order valence-corrected chi connectivity index (χ0v) is 28.5. The minimum absolute atomic E-state index is 0.589. The summed E-state index contributed by atoms with van der Waals surface area (Å²) in [5.74, 6) is 1.74. The fourth-order valence-electron chi connectivity index (χ4n) is 4.68. The van der Waals surface area contributed by atoms with Gasteiger partial charge in [0.05, 0.1) is 46.8 Å². The number of aryl methyl sites for hydroxylation is 1. The first-order valence-corrected chi connectivity index (χ1v) is 17.5. The van der Waals surface area contributed by atoms with Crippen LogP contribution < -0.4 is 10.6 Å². The van der Waals surface area contributed by atoms with E-state index in [4.69, 9.17) is 56.4 Å². The van der Waals surface area contributed by atoms with E-state index in [0.29, 0.717) is 33.4 Å². The molecule has 2 heterocycles. The number of nitrogens with one attached hydrogen (secondary N) is 2. The molecule has 2 aliphatic heterocycles. The van der Waals surface area contributed by atoms with Gasteiger partial charge in [0, 0.05) is 24.6 Å². The van der Waals surface area contributed by atoms with Gasteiger partial charge in [-0.2, -0.15) is 0 Å². The van der Waals surface area contributed by atoms with Crippen LogP contribution in [0, 0.1) is 6.92 Å². The summed E-state index contributed by atoms with van der Waals surface area (Å²) in [6, 6.07) is 18.4. The standard InChI is InChI=1S/C31H34Cl4N6S2/c1-21-2-5-24(15-42-30-36-17-40(18-37-30)10-8-22-3-6-26(32)28(34)13-22)25(12-21)16-43-31-38-19-41(20-39-31)11-9-23-4-7-27(33)29(35)14-23/h2-7,12-14H,8-11,15-20H2,1H3,(H,36,37)(H,38,39). The second-order valence-corrected chi connectivity index (χ2v) is 14.1. The molecule has 2 N–H and O–H groups in total. The highest BCUT2D eigenvalue weighted by atomic mass is 35.5. The van der Waals surface area contributed by atoms with Gasteiger partial charge in [0.2, 0.25) is 0 Å². The Morgan fingerprint density at radius 1 is 0.651 bits per heavy atom. The lowest BCUT2D eigenvalue weighted by Gasteiger charge is -2.27. The van der Waals surface area contributed by atoms with Crippen molar-refractivity contribution >= 4 is 80.3 Å². The summed E-state index contributed by atoms with van der Waals surface area (Å²) in [6.45, 7) is 6.87. The molecule has 3 aromatic carbocycles. The molecule has 3 aromatic rings. The number of nitrogens with zero attached hydrogens (tertiary/aromatic N) is 4. The second-order valence-electron chi connectivity index (χ2n) is 10.5. The third-order valence-electron chi connectivity index (χ3n) is 7.23. The Labute approximate surface area is 282 Å². The molecule has 0 unspecified atom stereocenters. The minimum atomic E-state index is 0.589. The number of aliphatic imine (C=N–C) groups is 2. The summed E-state index contributed by atoms with van der Waals surface area (Å²) in [5.41, 5.74) is 6.28. The number of halogens is 4. The molecule has 228 valence electrons. The van der Waals surface area contributed by atoms with Crippen molar-refractivity contribution in [3.05, 3.63) is 103 Å². The summed E-state index contributed by atoms with van der Waals surface area (Å²) in [4.78, 5) is 14.1. The molecule has 0 radical (unpaired) electrons. The van der Waals surface area contributed by atoms with E-state index in [-0.39, 0.29) is 0 Å². The minimum Gasteiger partial charge on any atom is -0.352 e. The monoisotopic (exact) mass is 694 g/mol. The molecule has 0 saturated carbocycles. The highest BCUT2D eigenvalue weighted by Gasteiger charge is 2.16. The zero-order chi connectivity index (χ0) is 30.2. The van der Waals surface area contributed by atoms with Gasteiger partial charge in [0.15, 0.2) is 10.3 Å². The van der Waals surface area contributed by atoms with Gasteiger partial charge in [-0.3, -0.25) is 9.80 Å². The Balaban J connectivity index is 1.06. The maximum atomic E-state index is 6.16. The summed E-state index contributed by atoms with van der Waals surface area (Å²) in [6.07, 6.45) is 1.80. The van der Waals surface area contributed by atoms with Crippen molar-refractivity contribution in [1.29, 1.82) is 0 Å². The predicted octanol–water partition coefficient (Wildman–Crippen LogP) is 7.91. The number of amidine groups is 2. The molecule has 0 amide bonds. The van der Waals surface area contributed by atoms with Gasteiger partial charge in [-0.1, -0.05) is 106 Å². The molecule has 6 nitrogen and oxygen atoms in total. The van der Waals surface area contributed by atoms with E-state index in [1.54, 1.807) is 23.5 Å². The quantitative estimate of drug-likeness (QED) is 0.225. The highest BCUT2D eigenvalue weighted by molar-refractivity contribution is 8.13. The number of rotatable bonds is 10. The molecular formula is C31H34Cl4N6S2. The van der Waals surface area contributed by atoms with Crippen LogP contribution in [0.4, 0.5) is 0 Å². The average Bonchev–Trinajstić information content (AvgIpc) is 3.01. The molecule has 0 bridgehead atoms. The predicted molar refractivity (Wildman–Crippen MR) is 188 cm³/mol. The normalized spacial score (nSPS) is 15.9. The van der Waals surface area contributed by atoms with Crippen LogP contribution in [0.3, 0.4) is 0 Å². The molecule has 5 rings (SSSR count). The van der Waals surface area contributed by atoms with E-state index >= 15 is 0 Å². The number of benzene rings is 3. The van der Waals surface area contributed by atoms with Crippen LogP contribution >= 0.6 is 69.9 Å². The smallest absolute Gasteiger partial charge is 0.159 e. The molecule has 2 aliphatic rings. The van der Waals surface area contributed by atoms with E-state index in [2.05, 4.69) is 45.6 Å². The van der Waals surface area contributed by atoms with Crippen molar-refractivity contribution < 1.29 is 0 Å². The fraction of sp³-hybridized carbons (Fsp3) is 0.355. The van der Waals surface area contributed by atoms with Gasteiger partial charge in [0.1, 0.15) is 0 Å². The molecule has 0 atom stereocenters. The number of hydrogen-bond acceptors (Lipinski definition) is 8. The molecule has 0 fully saturated rings. The van der Waals surface area contributed by atoms with E-state index in [1.807, 2.05) is 36.4 Å². The van der Waals surface area contributed by atoms with Crippen molar-refractivity contribution in [2.24, 2.45) is 9.98 Å². The van der Waals surface area contributed by atoms with Crippen molar-refractivity contribution in [3.63, 3.8) is 0 Å². The third-order valence-corrected chi connectivity index (χ3v) is 10.7. The SMILES string of the molecule is Cc1ccc(CSC2=NCN(CCc3ccc(Cl)c(Cl)c3)CN2)c(CSC2=NCN(CCc3ccc(Cl)c(Cl)c3)CN2)c1. The molecular weight excluding hydrogens is 662 g/mol. The Hall–Kier alpha value is -1.62. The maximum absolute atomic E-state index is 6.16. The van der Waals surface area contributed by atoms with E-state index < -0.39 is 0 Å². The van der Waals surface area contributed by atoms with Crippen molar-refractivity contribution in [2.75, 3.05) is 39.8 Å². The van der Waals surface area contributed by atoms with Gasteiger partial charge in [-0.05, 0) is 66.3 Å². The lowest BCUT2D eigenvalue weighted by Crippen LogP contribution is -2.42. The van der Waals surface area contributed by atoms with E-state index in [0.717, 1.165) is 61.1 Å². The Morgan fingerprint density at radius 2 is 1.16 bits per heavy atom. The van der Waals surface area contributed by atoms with Gasteiger partial charge in [-0.15, -0.1) is 0 Å². The van der Waals surface area contributed by atoms with Crippen LogP contribution in [0.2, 0.25) is 20.1 Å². The van der Waals surface area contributed by atoms with Crippen LogP contribution in [-0.4, -0.2) is 59.9 Å². The fourth-order valence-corrected chi connectivity index (χ4v) is 7.09. The molecule has 0 spiro atoms. The van der Waals surface area contributed by atoms with Crippen molar-refractivity contribution in [3.8, 4) is 0 Å². The van der Waals surface area contributed by atoms with Crippen molar-refractivity contribution in [2.45, 2.75) is 31.3 Å². The topological polar surface area (TPSA) is 55.3 Å². The average molecular weight is 697 g/mol. The van der Waals surface area contributed by atoms with Crippen LogP contribution in [0.1, 0.15) is 27.8 Å². The Kier molecular flexibility index (Phi) is 12.3. The van der Waals surface area contributed by atoms with Gasteiger partial charge < -0.3 is 10.6 Å². The first-order chi connectivity index (χ1) is 20.8. The lowest BCUT2D eigenvalue weighted by molar-refractivity contribution is 0.270. The Morgan fingerprint density at radius 3 is 1.63 bits per heavy atom. The van der Waals surface area contributed by atoms with Crippen LogP contribution in [-0.2, 0) is 24.3 Å². The first-order valence-electron chi connectivity index (χ1n) is 14.1. The van der Waals surface area contributed by atoms with Crippen molar-refractivity contribution in [1.82, 2.24) is 20.4 Å². The summed E-state index contributed by atoms with van der Waals surface area (Å²) < 4.78 is 0. The maximum Gasteiger partial charge on any atom is 0.159 e. The van der Waals surface area contributed by atoms with Gasteiger partial charge >= 0.3 is 0 Å². The van der Waals surface area contributed by atoms with E-state index in [1.165, 1.54) is 27.8 Å². The molecule has 0 aliphatic carbocycles. The number of thioether (sulfide) groups is 2.